The van der Waals surface area contributed by atoms with Gasteiger partial charge >= 0.3 is 0 Å². The second-order valence-corrected chi connectivity index (χ2v) is 3.45. The summed E-state index contributed by atoms with van der Waals surface area (Å²) in [4.78, 5) is 0. The molecule has 1 aliphatic heterocycles. The Morgan fingerprint density at radius 3 is 2.40 bits per heavy atom. The predicted molar refractivity (Wildman–Crippen MR) is 52.0 cm³/mol. The van der Waals surface area contributed by atoms with E-state index < -0.39 is 37.3 Å². The lowest BCUT2D eigenvalue weighted by molar-refractivity contribution is -0.235. The second-order valence-electron chi connectivity index (χ2n) is 3.45. The molecule has 0 aromatic rings. The van der Waals surface area contributed by atoms with E-state index in [-0.39, 0.29) is 0 Å². The maximum Gasteiger partial charge on any atom is 0.137 e. The van der Waals surface area contributed by atoms with E-state index in [9.17, 15) is 15.3 Å². The summed E-state index contributed by atoms with van der Waals surface area (Å²) in [5.74, 6) is 0. The first kappa shape index (κ1) is 12.6. The average molecular weight is 219 g/mol. The van der Waals surface area contributed by atoms with Crippen LogP contribution in [0.2, 0.25) is 0 Å². The number of aliphatic hydroxyl groups is 4. The van der Waals surface area contributed by atoms with E-state index in [0.29, 0.717) is 6.54 Å². The topological polar surface area (TPSA) is 102 Å². The summed E-state index contributed by atoms with van der Waals surface area (Å²) in [5, 5.41) is 40.0. The fourth-order valence-electron chi connectivity index (χ4n) is 1.47. The highest BCUT2D eigenvalue weighted by Gasteiger charge is 2.42. The highest BCUT2D eigenvalue weighted by Crippen LogP contribution is 2.19. The highest BCUT2D eigenvalue weighted by atomic mass is 16.6. The molecule has 0 aliphatic carbocycles. The van der Waals surface area contributed by atoms with Crippen LogP contribution >= 0.6 is 0 Å². The van der Waals surface area contributed by atoms with Gasteiger partial charge in [-0.25, -0.2) is 0 Å². The zero-order chi connectivity index (χ0) is 11.4. The van der Waals surface area contributed by atoms with Crippen LogP contribution in [0.1, 0.15) is 0 Å². The molecule has 0 spiro atoms. The molecule has 5 atom stereocenters. The molecular weight excluding hydrogens is 202 g/mol. The van der Waals surface area contributed by atoms with Crippen molar-refractivity contribution in [1.29, 1.82) is 0 Å². The first-order valence-electron chi connectivity index (χ1n) is 4.76. The summed E-state index contributed by atoms with van der Waals surface area (Å²) in [5.41, 5.74) is 0. The first-order valence-corrected chi connectivity index (χ1v) is 4.76. The lowest BCUT2D eigenvalue weighted by atomic mass is 9.98. The molecule has 0 saturated carbocycles. The Balaban J connectivity index is 2.60. The molecule has 5 N–H and O–H groups in total. The van der Waals surface area contributed by atoms with E-state index in [1.807, 2.05) is 0 Å². The number of hydrogen-bond acceptors (Lipinski definition) is 6. The van der Waals surface area contributed by atoms with Crippen LogP contribution in [-0.2, 0) is 4.74 Å². The van der Waals surface area contributed by atoms with Crippen molar-refractivity contribution in [3.8, 4) is 0 Å². The van der Waals surface area contributed by atoms with Gasteiger partial charge in [-0.1, -0.05) is 6.08 Å². The normalized spacial score (nSPS) is 41.5. The molecule has 0 aromatic carbocycles. The van der Waals surface area contributed by atoms with E-state index in [1.54, 1.807) is 6.08 Å². The van der Waals surface area contributed by atoms with Gasteiger partial charge in [0.1, 0.15) is 30.6 Å². The Labute approximate surface area is 87.8 Å². The van der Waals surface area contributed by atoms with Crippen molar-refractivity contribution in [3.05, 3.63) is 12.7 Å². The van der Waals surface area contributed by atoms with Crippen molar-refractivity contribution in [2.45, 2.75) is 30.6 Å². The van der Waals surface area contributed by atoms with Gasteiger partial charge in [0.05, 0.1) is 6.61 Å². The molecule has 1 aliphatic rings. The van der Waals surface area contributed by atoms with Gasteiger partial charge in [0.25, 0.3) is 0 Å². The smallest absolute Gasteiger partial charge is 0.137 e. The number of aliphatic hydroxyl groups excluding tert-OH is 4. The second kappa shape index (κ2) is 5.55. The molecule has 1 rings (SSSR count). The maximum absolute atomic E-state index is 9.53. The van der Waals surface area contributed by atoms with Crippen molar-refractivity contribution >= 4 is 0 Å². The van der Waals surface area contributed by atoms with Crippen LogP contribution in [0.4, 0.5) is 0 Å². The van der Waals surface area contributed by atoms with Crippen molar-refractivity contribution in [2.24, 2.45) is 0 Å². The number of rotatable bonds is 4. The van der Waals surface area contributed by atoms with Gasteiger partial charge in [0.15, 0.2) is 0 Å². The first-order chi connectivity index (χ1) is 7.11. The molecule has 0 bridgehead atoms. The number of nitrogens with one attached hydrogen (secondary N) is 1. The Hall–Kier alpha value is -0.500. The number of hydrogen-bond donors (Lipinski definition) is 5. The molecule has 6 nitrogen and oxygen atoms in total. The minimum atomic E-state index is -1.33. The summed E-state index contributed by atoms with van der Waals surface area (Å²) in [6.07, 6.45) is -4.00. The van der Waals surface area contributed by atoms with E-state index in [0.717, 1.165) is 0 Å². The van der Waals surface area contributed by atoms with Gasteiger partial charge in [0, 0.05) is 6.54 Å². The van der Waals surface area contributed by atoms with E-state index in [1.165, 1.54) is 0 Å². The molecule has 0 amide bonds. The summed E-state index contributed by atoms with van der Waals surface area (Å²) < 4.78 is 5.16. The lowest BCUT2D eigenvalue weighted by Crippen LogP contribution is -2.62. The summed E-state index contributed by atoms with van der Waals surface area (Å²) in [6, 6.07) is 0. The third-order valence-electron chi connectivity index (χ3n) is 2.36. The van der Waals surface area contributed by atoms with E-state index >= 15 is 0 Å². The van der Waals surface area contributed by atoms with Gasteiger partial charge in [-0.3, -0.25) is 5.32 Å². The molecule has 0 unspecified atom stereocenters. The lowest BCUT2D eigenvalue weighted by Gasteiger charge is -2.40. The van der Waals surface area contributed by atoms with Crippen LogP contribution < -0.4 is 5.32 Å². The SMILES string of the molecule is C=CCN[C@@H]1O[C@H](CO)[C@H](O)[C@@H](O)[C@@H]1O. The van der Waals surface area contributed by atoms with Crippen molar-refractivity contribution < 1.29 is 25.2 Å². The van der Waals surface area contributed by atoms with Gasteiger partial charge in [-0.15, -0.1) is 6.58 Å². The molecule has 1 fully saturated rings. The van der Waals surface area contributed by atoms with Gasteiger partial charge in [0.2, 0.25) is 0 Å². The minimum absolute atomic E-state index is 0.392. The van der Waals surface area contributed by atoms with Gasteiger partial charge < -0.3 is 25.2 Å². The van der Waals surface area contributed by atoms with Gasteiger partial charge in [-0.05, 0) is 0 Å². The Morgan fingerprint density at radius 1 is 1.20 bits per heavy atom. The fourth-order valence-corrected chi connectivity index (χ4v) is 1.47. The molecule has 1 heterocycles. The minimum Gasteiger partial charge on any atom is -0.394 e. The van der Waals surface area contributed by atoms with Crippen LogP contribution in [0, 0.1) is 0 Å². The number of ether oxygens (including phenoxy) is 1. The van der Waals surface area contributed by atoms with Crippen molar-refractivity contribution in [2.75, 3.05) is 13.2 Å². The molecule has 0 radical (unpaired) electrons. The van der Waals surface area contributed by atoms with Crippen LogP contribution in [0.3, 0.4) is 0 Å². The Kier molecular flexibility index (Phi) is 4.65. The Bertz CT molecular complexity index is 211. The van der Waals surface area contributed by atoms with Crippen molar-refractivity contribution in [3.63, 3.8) is 0 Å². The van der Waals surface area contributed by atoms with Crippen LogP contribution in [0.15, 0.2) is 12.7 Å². The van der Waals surface area contributed by atoms with Crippen molar-refractivity contribution in [1.82, 2.24) is 5.32 Å². The van der Waals surface area contributed by atoms with Crippen LogP contribution in [-0.4, -0.2) is 64.2 Å². The zero-order valence-corrected chi connectivity index (χ0v) is 8.28. The molecule has 1 saturated heterocycles. The molecule has 0 aromatic heterocycles. The zero-order valence-electron chi connectivity index (χ0n) is 8.28. The molecular formula is C9H17NO5. The monoisotopic (exact) mass is 219 g/mol. The average Bonchev–Trinajstić information content (AvgIpc) is 2.25. The third-order valence-corrected chi connectivity index (χ3v) is 2.36. The predicted octanol–water partition coefficient (Wildman–Crippen LogP) is -2.44. The third kappa shape index (κ3) is 2.75. The van der Waals surface area contributed by atoms with Crippen LogP contribution in [0.5, 0.6) is 0 Å². The van der Waals surface area contributed by atoms with Crippen LogP contribution in [0.25, 0.3) is 0 Å². The molecule has 6 heteroatoms. The summed E-state index contributed by atoms with van der Waals surface area (Å²) >= 11 is 0. The fraction of sp³-hybridized carbons (Fsp3) is 0.778. The quantitative estimate of drug-likeness (QED) is 0.337. The molecule has 88 valence electrons. The largest absolute Gasteiger partial charge is 0.394 e. The summed E-state index contributed by atoms with van der Waals surface area (Å²) in [7, 11) is 0. The van der Waals surface area contributed by atoms with Gasteiger partial charge in [-0.2, -0.15) is 0 Å². The molecule has 15 heavy (non-hydrogen) atoms. The highest BCUT2D eigenvalue weighted by molar-refractivity contribution is 4.91. The standard InChI is InChI=1S/C9H17NO5/c1-2-3-10-9-8(14)7(13)6(12)5(4-11)15-9/h2,5-14H,1,3-4H2/t5-,6+,7-,8+,9-/m1/s1. The maximum atomic E-state index is 9.53. The Morgan fingerprint density at radius 2 is 1.87 bits per heavy atom. The summed E-state index contributed by atoms with van der Waals surface area (Å²) in [6.45, 7) is 3.45. The van der Waals surface area contributed by atoms with E-state index in [2.05, 4.69) is 11.9 Å². The van der Waals surface area contributed by atoms with E-state index in [4.69, 9.17) is 9.84 Å².